The summed E-state index contributed by atoms with van der Waals surface area (Å²) in [6.45, 7) is 1.54. The molecule has 31 heavy (non-hydrogen) atoms. The molecular weight excluding hydrogens is 472 g/mol. The smallest absolute Gasteiger partial charge is 0.384 e. The van der Waals surface area contributed by atoms with Crippen LogP contribution in [0.25, 0.3) is 10.2 Å². The van der Waals surface area contributed by atoms with Crippen LogP contribution in [0.3, 0.4) is 0 Å². The third kappa shape index (κ3) is 4.26. The highest BCUT2D eigenvalue weighted by Gasteiger charge is 2.48. The minimum atomic E-state index is -4.82. The highest BCUT2D eigenvalue weighted by Crippen LogP contribution is 2.36. The molecule has 0 spiro atoms. The minimum Gasteiger partial charge on any atom is -0.384 e. The predicted octanol–water partition coefficient (Wildman–Crippen LogP) is 5.93. The second kappa shape index (κ2) is 8.14. The van der Waals surface area contributed by atoms with Crippen LogP contribution in [0.2, 0.25) is 10.0 Å². The molecule has 160 valence electrons. The van der Waals surface area contributed by atoms with Crippen LogP contribution in [-0.4, -0.2) is 22.8 Å². The monoisotopic (exact) mass is 484 g/mol. The van der Waals surface area contributed by atoms with Crippen molar-refractivity contribution in [3.05, 3.63) is 69.3 Å². The van der Waals surface area contributed by atoms with Crippen molar-refractivity contribution >= 4 is 61.5 Å². The second-order valence-corrected chi connectivity index (χ2v) is 8.45. The number of para-hydroxylation sites is 1. The molecule has 0 saturated heterocycles. The summed E-state index contributed by atoms with van der Waals surface area (Å²) < 4.78 is 41.8. The first kappa shape index (κ1) is 21.6. The molecule has 1 N–H and O–H groups in total. The molecule has 4 rings (SSSR count). The van der Waals surface area contributed by atoms with Crippen LogP contribution in [0.4, 0.5) is 18.3 Å². The zero-order valence-corrected chi connectivity index (χ0v) is 18.1. The zero-order chi connectivity index (χ0) is 22.3. The first-order chi connectivity index (χ1) is 14.6. The van der Waals surface area contributed by atoms with E-state index in [4.69, 9.17) is 23.2 Å². The Morgan fingerprint density at radius 1 is 1.16 bits per heavy atom. The van der Waals surface area contributed by atoms with Gasteiger partial charge in [-0.05, 0) is 36.8 Å². The molecule has 1 aromatic heterocycles. The number of carbonyl (C=O) groups excluding carboxylic acids is 1. The lowest BCUT2D eigenvalue weighted by Gasteiger charge is -2.13. The molecule has 1 aliphatic rings. The molecular formula is C20H13Cl2F3N4OS. The van der Waals surface area contributed by atoms with Crippen molar-refractivity contribution < 1.29 is 18.0 Å². The number of anilines is 1. The highest BCUT2D eigenvalue weighted by atomic mass is 35.5. The van der Waals surface area contributed by atoms with Crippen LogP contribution >= 0.6 is 34.5 Å². The first-order valence-electron chi connectivity index (χ1n) is 8.90. The lowest BCUT2D eigenvalue weighted by atomic mass is 10.1. The molecule has 0 aliphatic carbocycles. The van der Waals surface area contributed by atoms with Gasteiger partial charge in [-0.15, -0.1) is 0 Å². The number of hydrogen-bond donors (Lipinski definition) is 1. The van der Waals surface area contributed by atoms with Crippen LogP contribution in [0.1, 0.15) is 12.5 Å². The van der Waals surface area contributed by atoms with Gasteiger partial charge in [0.1, 0.15) is 0 Å². The molecule has 2 heterocycles. The lowest BCUT2D eigenvalue weighted by Crippen LogP contribution is -2.29. The highest BCUT2D eigenvalue weighted by molar-refractivity contribution is 7.22. The number of amides is 1. The fraction of sp³-hybridized carbons (Fsp3) is 0.150. The van der Waals surface area contributed by atoms with Gasteiger partial charge in [0.2, 0.25) is 5.13 Å². The van der Waals surface area contributed by atoms with Gasteiger partial charge in [-0.2, -0.15) is 23.3 Å². The summed E-state index contributed by atoms with van der Waals surface area (Å²) >= 11 is 12.9. The van der Waals surface area contributed by atoms with Crippen molar-refractivity contribution in [3.8, 4) is 0 Å². The van der Waals surface area contributed by atoms with E-state index < -0.39 is 23.4 Å². The maximum atomic E-state index is 13.7. The van der Waals surface area contributed by atoms with E-state index in [1.165, 1.54) is 6.92 Å². The fourth-order valence-electron chi connectivity index (χ4n) is 2.99. The number of nitrogens with zero attached hydrogens (tertiary/aromatic N) is 3. The predicted molar refractivity (Wildman–Crippen MR) is 117 cm³/mol. The van der Waals surface area contributed by atoms with Crippen molar-refractivity contribution in [1.82, 2.24) is 10.3 Å². The SMILES string of the molecule is CC(NCc1ccc(Cl)c(Cl)c1)=C1C(=O)N(c2nc3ccccc3s2)N=C1C(F)(F)F. The van der Waals surface area contributed by atoms with E-state index in [2.05, 4.69) is 15.4 Å². The summed E-state index contributed by atoms with van der Waals surface area (Å²) in [5, 5.41) is 7.89. The van der Waals surface area contributed by atoms with Gasteiger partial charge in [0.15, 0.2) is 5.71 Å². The Balaban J connectivity index is 1.67. The second-order valence-electron chi connectivity index (χ2n) is 6.63. The number of fused-ring (bicyclic) bond motifs is 1. The topological polar surface area (TPSA) is 57.6 Å². The van der Waals surface area contributed by atoms with Gasteiger partial charge in [-0.1, -0.05) is 52.7 Å². The van der Waals surface area contributed by atoms with Gasteiger partial charge in [-0.25, -0.2) is 4.98 Å². The summed E-state index contributed by atoms with van der Waals surface area (Å²) in [5.74, 6) is -0.898. The van der Waals surface area contributed by atoms with Gasteiger partial charge in [0.25, 0.3) is 5.91 Å². The van der Waals surface area contributed by atoms with Gasteiger partial charge < -0.3 is 5.32 Å². The van der Waals surface area contributed by atoms with E-state index in [0.29, 0.717) is 26.1 Å². The molecule has 0 radical (unpaired) electrons. The Morgan fingerprint density at radius 3 is 2.58 bits per heavy atom. The maximum absolute atomic E-state index is 13.7. The van der Waals surface area contributed by atoms with E-state index >= 15 is 0 Å². The number of alkyl halides is 3. The van der Waals surface area contributed by atoms with E-state index in [1.54, 1.807) is 42.5 Å². The molecule has 2 aromatic carbocycles. The maximum Gasteiger partial charge on any atom is 0.436 e. The van der Waals surface area contributed by atoms with Crippen LogP contribution in [0, 0.1) is 0 Å². The molecule has 1 amide bonds. The number of carbonyl (C=O) groups is 1. The molecule has 0 unspecified atom stereocenters. The standard InChI is InChI=1S/C20H13Cl2F3N4OS/c1-10(26-9-11-6-7-12(21)13(22)8-11)16-17(20(23,24)25)28-29(18(16)30)19-27-14-4-2-3-5-15(14)31-19/h2-8,26H,9H2,1H3. The Bertz CT molecular complexity index is 1220. The van der Waals surface area contributed by atoms with E-state index in [0.717, 1.165) is 16.0 Å². The van der Waals surface area contributed by atoms with Crippen LogP contribution < -0.4 is 10.3 Å². The number of rotatable bonds is 4. The van der Waals surface area contributed by atoms with Crippen LogP contribution in [0.15, 0.2) is 58.8 Å². The molecule has 3 aromatic rings. The number of allylic oxidation sites excluding steroid dienone is 1. The largest absolute Gasteiger partial charge is 0.436 e. The number of hydrogen-bond acceptors (Lipinski definition) is 5. The van der Waals surface area contributed by atoms with Crippen LogP contribution in [-0.2, 0) is 11.3 Å². The minimum absolute atomic E-state index is 0.0377. The Labute approximate surface area is 188 Å². The summed E-state index contributed by atoms with van der Waals surface area (Å²) in [4.78, 5) is 17.2. The normalized spacial score (nSPS) is 16.1. The molecule has 1 aliphatic heterocycles. The summed E-state index contributed by atoms with van der Waals surface area (Å²) in [7, 11) is 0. The average Bonchev–Trinajstić information content (AvgIpc) is 3.29. The number of thiazole rings is 1. The average molecular weight is 485 g/mol. The van der Waals surface area contributed by atoms with Crippen LogP contribution in [0.5, 0.6) is 0 Å². The molecule has 5 nitrogen and oxygen atoms in total. The quantitative estimate of drug-likeness (QED) is 0.466. The third-order valence-electron chi connectivity index (χ3n) is 4.49. The third-order valence-corrected chi connectivity index (χ3v) is 6.24. The number of nitrogens with one attached hydrogen (secondary N) is 1. The van der Waals surface area contributed by atoms with E-state index in [1.807, 2.05) is 0 Å². The lowest BCUT2D eigenvalue weighted by molar-refractivity contribution is -0.114. The Hall–Kier alpha value is -2.62. The van der Waals surface area contributed by atoms with Crippen molar-refractivity contribution in [2.45, 2.75) is 19.6 Å². The number of halogens is 5. The number of hydrazone groups is 1. The number of benzene rings is 2. The molecule has 0 atom stereocenters. The van der Waals surface area contributed by atoms with Crippen molar-refractivity contribution in [1.29, 1.82) is 0 Å². The van der Waals surface area contributed by atoms with Gasteiger partial charge >= 0.3 is 6.18 Å². The summed E-state index contributed by atoms with van der Waals surface area (Å²) in [6, 6.07) is 11.9. The van der Waals surface area contributed by atoms with Gasteiger partial charge in [-0.3, -0.25) is 4.79 Å². The van der Waals surface area contributed by atoms with E-state index in [9.17, 15) is 18.0 Å². The van der Waals surface area contributed by atoms with Crippen molar-refractivity contribution in [2.24, 2.45) is 5.10 Å². The molecule has 0 bridgehead atoms. The molecule has 0 fully saturated rings. The first-order valence-corrected chi connectivity index (χ1v) is 10.5. The van der Waals surface area contributed by atoms with Gasteiger partial charge in [0, 0.05) is 12.2 Å². The molecule has 0 saturated carbocycles. The van der Waals surface area contributed by atoms with Crippen molar-refractivity contribution in [2.75, 3.05) is 5.01 Å². The molecule has 11 heteroatoms. The van der Waals surface area contributed by atoms with E-state index in [-0.39, 0.29) is 17.4 Å². The van der Waals surface area contributed by atoms with Crippen molar-refractivity contribution in [3.63, 3.8) is 0 Å². The summed E-state index contributed by atoms with van der Waals surface area (Å²) in [6.07, 6.45) is -4.82. The van der Waals surface area contributed by atoms with Gasteiger partial charge in [0.05, 0.1) is 25.8 Å². The summed E-state index contributed by atoms with van der Waals surface area (Å²) in [5.41, 5.74) is -0.516. The number of aromatic nitrogens is 1. The fourth-order valence-corrected chi connectivity index (χ4v) is 4.23. The zero-order valence-electron chi connectivity index (χ0n) is 15.8. The Morgan fingerprint density at radius 2 is 1.90 bits per heavy atom. The Kier molecular flexibility index (Phi) is 5.67.